The van der Waals surface area contributed by atoms with Gasteiger partial charge in [0.05, 0.1) is 11.7 Å². The highest BCUT2D eigenvalue weighted by Gasteiger charge is 2.14. The number of aromatic nitrogens is 1. The first-order valence-corrected chi connectivity index (χ1v) is 8.09. The second-order valence-electron chi connectivity index (χ2n) is 5.83. The monoisotopic (exact) mass is 304 g/mol. The first-order valence-electron chi connectivity index (χ1n) is 8.09. The average Bonchev–Trinajstić information content (AvgIpc) is 3.01. The summed E-state index contributed by atoms with van der Waals surface area (Å²) >= 11 is 0. The van der Waals surface area contributed by atoms with Gasteiger partial charge in [0.25, 0.3) is 0 Å². The van der Waals surface area contributed by atoms with E-state index in [2.05, 4.69) is 54.0 Å². The summed E-state index contributed by atoms with van der Waals surface area (Å²) in [4.78, 5) is 6.05. The molecule has 1 aliphatic rings. The summed E-state index contributed by atoms with van der Waals surface area (Å²) in [6.45, 7) is 2.55. The number of fused-ring (bicyclic) bond motifs is 1. The summed E-state index contributed by atoms with van der Waals surface area (Å²) in [7, 11) is 0. The van der Waals surface area contributed by atoms with Crippen LogP contribution in [0.15, 0.2) is 66.9 Å². The molecular weight excluding hydrogens is 284 g/mol. The van der Waals surface area contributed by atoms with E-state index in [0.717, 1.165) is 25.0 Å². The van der Waals surface area contributed by atoms with Crippen molar-refractivity contribution < 1.29 is 4.84 Å². The third kappa shape index (κ3) is 2.88. The van der Waals surface area contributed by atoms with Crippen molar-refractivity contribution in [3.8, 4) is 0 Å². The van der Waals surface area contributed by atoms with Crippen LogP contribution in [0.1, 0.15) is 17.5 Å². The number of benzene rings is 2. The zero-order chi connectivity index (χ0) is 15.5. The first-order chi connectivity index (χ1) is 11.4. The van der Waals surface area contributed by atoms with Gasteiger partial charge in [-0.3, -0.25) is 0 Å². The Morgan fingerprint density at radius 2 is 1.83 bits per heavy atom. The molecule has 2 heterocycles. The highest BCUT2D eigenvalue weighted by atomic mass is 16.7. The third-order valence-electron chi connectivity index (χ3n) is 4.30. The molecule has 0 atom stereocenters. The Labute approximate surface area is 136 Å². The minimum Gasteiger partial charge on any atom is -0.409 e. The van der Waals surface area contributed by atoms with E-state index in [9.17, 15) is 0 Å². The van der Waals surface area contributed by atoms with Crippen molar-refractivity contribution in [3.63, 3.8) is 0 Å². The molecule has 0 aliphatic carbocycles. The third-order valence-corrected chi connectivity index (χ3v) is 4.30. The van der Waals surface area contributed by atoms with Gasteiger partial charge >= 0.3 is 0 Å². The molecule has 23 heavy (non-hydrogen) atoms. The Balaban J connectivity index is 1.68. The van der Waals surface area contributed by atoms with Crippen molar-refractivity contribution in [3.05, 3.63) is 78.0 Å². The van der Waals surface area contributed by atoms with E-state index in [4.69, 9.17) is 4.84 Å². The lowest BCUT2D eigenvalue weighted by molar-refractivity contribution is 0.107. The molecule has 1 N–H and O–H groups in total. The normalized spacial score (nSPS) is 14.7. The van der Waals surface area contributed by atoms with E-state index < -0.39 is 0 Å². The van der Waals surface area contributed by atoms with Crippen LogP contribution in [0.3, 0.4) is 0 Å². The number of hydrogen-bond acceptors (Lipinski definition) is 2. The van der Waals surface area contributed by atoms with Gasteiger partial charge < -0.3 is 10.2 Å². The van der Waals surface area contributed by atoms with Crippen molar-refractivity contribution in [1.29, 1.82) is 0 Å². The molecular formula is C20H20N2O. The number of nitrogens with one attached hydrogen (secondary N) is 1. The summed E-state index contributed by atoms with van der Waals surface area (Å²) in [5.41, 5.74) is 4.99. The minimum absolute atomic E-state index is 0.569. The molecule has 0 bridgehead atoms. The Hall–Kier alpha value is -2.52. The zero-order valence-corrected chi connectivity index (χ0v) is 13.0. The number of nitrogens with zero attached hydrogens (tertiary/aromatic N) is 1. The van der Waals surface area contributed by atoms with Gasteiger partial charge in [-0.2, -0.15) is 4.73 Å². The summed E-state index contributed by atoms with van der Waals surface area (Å²) < 4.78 is 1.92. The maximum Gasteiger partial charge on any atom is 0.140 e. The van der Waals surface area contributed by atoms with Crippen molar-refractivity contribution >= 4 is 16.5 Å². The zero-order valence-electron chi connectivity index (χ0n) is 13.0. The van der Waals surface area contributed by atoms with Crippen LogP contribution >= 0.6 is 0 Å². The SMILES string of the molecule is C1=C(c2cn(OCc3ccccc3)c3ccccc23)CCNC1. The molecule has 4 rings (SSSR count). The molecule has 2 aromatic carbocycles. The Morgan fingerprint density at radius 3 is 2.65 bits per heavy atom. The van der Waals surface area contributed by atoms with E-state index in [1.165, 1.54) is 22.1 Å². The fraction of sp³-hybridized carbons (Fsp3) is 0.200. The largest absolute Gasteiger partial charge is 0.409 e. The van der Waals surface area contributed by atoms with Gasteiger partial charge in [0, 0.05) is 17.5 Å². The van der Waals surface area contributed by atoms with Gasteiger partial charge in [-0.05, 0) is 30.2 Å². The fourth-order valence-corrected chi connectivity index (χ4v) is 3.10. The summed E-state index contributed by atoms with van der Waals surface area (Å²) in [6, 6.07) is 18.7. The minimum atomic E-state index is 0.569. The highest BCUT2D eigenvalue weighted by Crippen LogP contribution is 2.29. The van der Waals surface area contributed by atoms with Crippen molar-refractivity contribution in [2.24, 2.45) is 0 Å². The van der Waals surface area contributed by atoms with E-state index >= 15 is 0 Å². The summed E-state index contributed by atoms with van der Waals surface area (Å²) in [6.07, 6.45) is 5.48. The smallest absolute Gasteiger partial charge is 0.140 e. The molecule has 3 aromatic rings. The molecule has 0 spiro atoms. The quantitative estimate of drug-likeness (QED) is 0.796. The van der Waals surface area contributed by atoms with Crippen LogP contribution in [-0.4, -0.2) is 17.8 Å². The van der Waals surface area contributed by atoms with Crippen LogP contribution in [0.2, 0.25) is 0 Å². The number of rotatable bonds is 4. The van der Waals surface area contributed by atoms with E-state index in [1.54, 1.807) is 0 Å². The summed E-state index contributed by atoms with van der Waals surface area (Å²) in [5, 5.41) is 4.63. The van der Waals surface area contributed by atoms with E-state index in [0.29, 0.717) is 6.61 Å². The van der Waals surface area contributed by atoms with Crippen LogP contribution in [0.4, 0.5) is 0 Å². The second-order valence-corrected chi connectivity index (χ2v) is 5.83. The lowest BCUT2D eigenvalue weighted by atomic mass is 10.00. The molecule has 0 saturated heterocycles. The van der Waals surface area contributed by atoms with Crippen LogP contribution in [0.25, 0.3) is 16.5 Å². The van der Waals surface area contributed by atoms with E-state index in [1.807, 2.05) is 22.9 Å². The standard InChI is InChI=1S/C20H20N2O/c1-2-6-16(7-3-1)15-23-22-14-19(17-10-12-21-13-11-17)18-8-4-5-9-20(18)22/h1-10,14,21H,11-13,15H2. The van der Waals surface area contributed by atoms with E-state index in [-0.39, 0.29) is 0 Å². The molecule has 1 aliphatic heterocycles. The Kier molecular flexibility index (Phi) is 3.86. The maximum absolute atomic E-state index is 6.05. The first kappa shape index (κ1) is 14.1. The summed E-state index contributed by atoms with van der Waals surface area (Å²) in [5.74, 6) is 0. The van der Waals surface area contributed by atoms with Crippen LogP contribution < -0.4 is 10.2 Å². The molecule has 0 fully saturated rings. The molecule has 0 unspecified atom stereocenters. The van der Waals surface area contributed by atoms with Crippen molar-refractivity contribution in [1.82, 2.24) is 10.0 Å². The van der Waals surface area contributed by atoms with Gasteiger partial charge in [-0.1, -0.05) is 54.6 Å². The van der Waals surface area contributed by atoms with Crippen molar-refractivity contribution in [2.75, 3.05) is 13.1 Å². The molecule has 0 radical (unpaired) electrons. The van der Waals surface area contributed by atoms with Gasteiger partial charge in [-0.25, -0.2) is 0 Å². The second kappa shape index (κ2) is 6.31. The Bertz CT molecular complexity index is 833. The number of para-hydroxylation sites is 1. The van der Waals surface area contributed by atoms with Crippen molar-refractivity contribution in [2.45, 2.75) is 13.0 Å². The lowest BCUT2D eigenvalue weighted by Gasteiger charge is -2.13. The molecule has 116 valence electrons. The van der Waals surface area contributed by atoms with Crippen LogP contribution in [-0.2, 0) is 6.61 Å². The predicted octanol–water partition coefficient (Wildman–Crippen LogP) is 3.65. The molecule has 0 amide bonds. The number of hydrogen-bond donors (Lipinski definition) is 1. The molecule has 1 aromatic heterocycles. The topological polar surface area (TPSA) is 26.2 Å². The van der Waals surface area contributed by atoms with Gasteiger partial charge in [0.15, 0.2) is 0 Å². The van der Waals surface area contributed by atoms with Crippen LogP contribution in [0, 0.1) is 0 Å². The average molecular weight is 304 g/mol. The molecule has 3 nitrogen and oxygen atoms in total. The van der Waals surface area contributed by atoms with Gasteiger partial charge in [-0.15, -0.1) is 0 Å². The molecule has 3 heteroatoms. The maximum atomic E-state index is 6.05. The Morgan fingerprint density at radius 1 is 1.00 bits per heavy atom. The highest BCUT2D eigenvalue weighted by molar-refractivity contribution is 5.93. The van der Waals surface area contributed by atoms with Crippen LogP contribution in [0.5, 0.6) is 0 Å². The van der Waals surface area contributed by atoms with Gasteiger partial charge in [0.2, 0.25) is 0 Å². The fourth-order valence-electron chi connectivity index (χ4n) is 3.10. The predicted molar refractivity (Wildman–Crippen MR) is 94.1 cm³/mol. The van der Waals surface area contributed by atoms with Gasteiger partial charge in [0.1, 0.15) is 6.61 Å². The molecule has 0 saturated carbocycles. The lowest BCUT2D eigenvalue weighted by Crippen LogP contribution is -2.20.